The lowest BCUT2D eigenvalue weighted by Crippen LogP contribution is -2.28. The zero-order valence-electron chi connectivity index (χ0n) is 11.1. The van der Waals surface area contributed by atoms with Crippen molar-refractivity contribution in [1.29, 1.82) is 0 Å². The van der Waals surface area contributed by atoms with Crippen LogP contribution in [0.3, 0.4) is 0 Å². The molecule has 0 spiro atoms. The number of carbonyl (C=O) groups is 2. The van der Waals surface area contributed by atoms with Gasteiger partial charge in [-0.05, 0) is 37.5 Å². The van der Waals surface area contributed by atoms with Crippen molar-refractivity contribution in [2.24, 2.45) is 0 Å². The maximum atomic E-state index is 11.9. The molecule has 0 bridgehead atoms. The number of halogens is 1. The first-order valence-electron chi connectivity index (χ1n) is 6.68. The normalized spacial score (nSPS) is 13.8. The highest BCUT2D eigenvalue weighted by Crippen LogP contribution is 2.18. The number of amides is 2. The number of nitrogens with two attached hydrogens (primary N) is 1. The van der Waals surface area contributed by atoms with Crippen molar-refractivity contribution in [3.05, 3.63) is 28.8 Å². The van der Waals surface area contributed by atoms with Crippen LogP contribution in [0.5, 0.6) is 0 Å². The highest BCUT2D eigenvalue weighted by Gasteiger charge is 2.22. The molecular formula is C14H18ClN3O2. The quantitative estimate of drug-likeness (QED) is 0.552. The van der Waals surface area contributed by atoms with Crippen molar-refractivity contribution < 1.29 is 9.59 Å². The highest BCUT2D eigenvalue weighted by atomic mass is 35.5. The molecule has 0 radical (unpaired) electrons. The van der Waals surface area contributed by atoms with Gasteiger partial charge in [-0.25, -0.2) is 0 Å². The fourth-order valence-corrected chi connectivity index (χ4v) is 2.07. The van der Waals surface area contributed by atoms with E-state index in [0.717, 1.165) is 12.8 Å². The minimum absolute atomic E-state index is 0.0498. The zero-order chi connectivity index (χ0) is 14.5. The van der Waals surface area contributed by atoms with E-state index >= 15 is 0 Å². The van der Waals surface area contributed by atoms with E-state index in [9.17, 15) is 9.59 Å². The Morgan fingerprint density at radius 3 is 2.70 bits per heavy atom. The summed E-state index contributed by atoms with van der Waals surface area (Å²) in [5, 5.41) is 6.08. The van der Waals surface area contributed by atoms with Gasteiger partial charge < -0.3 is 16.4 Å². The van der Waals surface area contributed by atoms with Gasteiger partial charge in [0, 0.05) is 35.3 Å². The molecule has 20 heavy (non-hydrogen) atoms. The number of benzene rings is 1. The van der Waals surface area contributed by atoms with Crippen LogP contribution in [0.1, 0.15) is 36.0 Å². The molecule has 2 rings (SSSR count). The largest absolute Gasteiger partial charge is 0.399 e. The van der Waals surface area contributed by atoms with Crippen molar-refractivity contribution in [3.8, 4) is 0 Å². The number of carbonyl (C=O) groups excluding carboxylic acids is 2. The fraction of sp³-hybridized carbons (Fsp3) is 0.429. The first-order valence-corrected chi connectivity index (χ1v) is 7.06. The minimum atomic E-state index is -0.234. The molecule has 5 nitrogen and oxygen atoms in total. The van der Waals surface area contributed by atoms with E-state index in [2.05, 4.69) is 10.6 Å². The standard InChI is InChI=1S/C14H18ClN3O2/c15-10-6-9(7-11(16)8-10)14(20)17-5-1-2-13(19)18-12-3-4-12/h6-8,12H,1-5,16H2,(H,17,20)(H,18,19). The van der Waals surface area contributed by atoms with Crippen LogP contribution in [0.25, 0.3) is 0 Å². The van der Waals surface area contributed by atoms with E-state index in [0.29, 0.717) is 41.7 Å². The Balaban J connectivity index is 1.70. The molecule has 0 saturated heterocycles. The summed E-state index contributed by atoms with van der Waals surface area (Å²) in [5.41, 5.74) is 6.51. The Morgan fingerprint density at radius 1 is 1.30 bits per heavy atom. The second-order valence-electron chi connectivity index (χ2n) is 4.97. The van der Waals surface area contributed by atoms with Gasteiger partial charge in [-0.2, -0.15) is 0 Å². The average molecular weight is 296 g/mol. The van der Waals surface area contributed by atoms with Crippen LogP contribution in [0, 0.1) is 0 Å². The fourth-order valence-electron chi connectivity index (χ4n) is 1.82. The van der Waals surface area contributed by atoms with Gasteiger partial charge >= 0.3 is 0 Å². The van der Waals surface area contributed by atoms with Crippen LogP contribution < -0.4 is 16.4 Å². The number of hydrogen-bond donors (Lipinski definition) is 3. The van der Waals surface area contributed by atoms with Crippen LogP contribution in [-0.4, -0.2) is 24.4 Å². The van der Waals surface area contributed by atoms with Crippen molar-refractivity contribution in [3.63, 3.8) is 0 Å². The predicted octanol–water partition coefficient (Wildman–Crippen LogP) is 1.71. The highest BCUT2D eigenvalue weighted by molar-refractivity contribution is 6.31. The molecule has 108 valence electrons. The molecule has 0 aliphatic heterocycles. The van der Waals surface area contributed by atoms with Crippen LogP contribution in [0.4, 0.5) is 5.69 Å². The maximum absolute atomic E-state index is 11.9. The third-order valence-corrected chi connectivity index (χ3v) is 3.21. The second-order valence-corrected chi connectivity index (χ2v) is 5.41. The summed E-state index contributed by atoms with van der Waals surface area (Å²) in [6.45, 7) is 0.448. The van der Waals surface area contributed by atoms with E-state index in [1.54, 1.807) is 18.2 Å². The van der Waals surface area contributed by atoms with Crippen LogP contribution in [-0.2, 0) is 4.79 Å². The number of nitrogen functional groups attached to an aromatic ring is 1. The minimum Gasteiger partial charge on any atom is -0.399 e. The van der Waals surface area contributed by atoms with Gasteiger partial charge in [0.25, 0.3) is 5.91 Å². The maximum Gasteiger partial charge on any atom is 0.251 e. The molecule has 0 heterocycles. The van der Waals surface area contributed by atoms with Gasteiger partial charge in [-0.3, -0.25) is 9.59 Å². The van der Waals surface area contributed by atoms with E-state index in [-0.39, 0.29) is 11.8 Å². The van der Waals surface area contributed by atoms with E-state index in [1.807, 2.05) is 0 Å². The topological polar surface area (TPSA) is 84.2 Å². The molecule has 0 atom stereocenters. The Kier molecular flexibility index (Phi) is 4.84. The lowest BCUT2D eigenvalue weighted by atomic mass is 10.2. The number of nitrogens with one attached hydrogen (secondary N) is 2. The van der Waals surface area contributed by atoms with Crippen LogP contribution >= 0.6 is 11.6 Å². The number of hydrogen-bond acceptors (Lipinski definition) is 3. The molecule has 1 aromatic carbocycles. The molecule has 1 saturated carbocycles. The first-order chi connectivity index (χ1) is 9.54. The molecule has 1 aromatic rings. The van der Waals surface area contributed by atoms with Crippen molar-refractivity contribution in [2.75, 3.05) is 12.3 Å². The Morgan fingerprint density at radius 2 is 2.05 bits per heavy atom. The summed E-state index contributed by atoms with van der Waals surface area (Å²) in [6.07, 6.45) is 3.20. The molecule has 0 unspecified atom stereocenters. The third-order valence-electron chi connectivity index (χ3n) is 2.99. The van der Waals surface area contributed by atoms with Gasteiger partial charge in [0.1, 0.15) is 0 Å². The lowest BCUT2D eigenvalue weighted by molar-refractivity contribution is -0.121. The molecule has 1 aliphatic carbocycles. The van der Waals surface area contributed by atoms with Gasteiger partial charge in [0.2, 0.25) is 5.91 Å². The Bertz CT molecular complexity index is 495. The van der Waals surface area contributed by atoms with E-state index in [4.69, 9.17) is 17.3 Å². The lowest BCUT2D eigenvalue weighted by Gasteiger charge is -2.07. The van der Waals surface area contributed by atoms with E-state index in [1.165, 1.54) is 0 Å². The SMILES string of the molecule is Nc1cc(Cl)cc(C(=O)NCCCC(=O)NC2CC2)c1. The van der Waals surface area contributed by atoms with Crippen molar-refractivity contribution in [2.45, 2.75) is 31.7 Å². The number of anilines is 1. The number of rotatable bonds is 6. The van der Waals surface area contributed by atoms with Gasteiger partial charge in [0.05, 0.1) is 0 Å². The third kappa shape index (κ3) is 4.74. The second kappa shape index (κ2) is 6.61. The molecule has 6 heteroatoms. The Labute approximate surface area is 122 Å². The smallest absolute Gasteiger partial charge is 0.251 e. The zero-order valence-corrected chi connectivity index (χ0v) is 11.9. The predicted molar refractivity (Wildman–Crippen MR) is 78.6 cm³/mol. The van der Waals surface area contributed by atoms with Crippen molar-refractivity contribution in [1.82, 2.24) is 10.6 Å². The molecule has 0 aromatic heterocycles. The van der Waals surface area contributed by atoms with Gasteiger partial charge in [-0.1, -0.05) is 11.6 Å². The van der Waals surface area contributed by atoms with Crippen LogP contribution in [0.2, 0.25) is 5.02 Å². The Hall–Kier alpha value is -1.75. The molecular weight excluding hydrogens is 278 g/mol. The van der Waals surface area contributed by atoms with Gasteiger partial charge in [-0.15, -0.1) is 0 Å². The van der Waals surface area contributed by atoms with Crippen LogP contribution in [0.15, 0.2) is 18.2 Å². The summed E-state index contributed by atoms with van der Waals surface area (Å²) in [6, 6.07) is 5.10. The summed E-state index contributed by atoms with van der Waals surface area (Å²) < 4.78 is 0. The average Bonchev–Trinajstić information content (AvgIpc) is 3.17. The van der Waals surface area contributed by atoms with E-state index < -0.39 is 0 Å². The summed E-state index contributed by atoms with van der Waals surface area (Å²) in [5.74, 6) is -0.185. The molecule has 1 aliphatic rings. The van der Waals surface area contributed by atoms with Crippen molar-refractivity contribution >= 4 is 29.1 Å². The summed E-state index contributed by atoms with van der Waals surface area (Å²) >= 11 is 5.84. The first kappa shape index (κ1) is 14.7. The molecule has 4 N–H and O–H groups in total. The van der Waals surface area contributed by atoms with Gasteiger partial charge in [0.15, 0.2) is 0 Å². The summed E-state index contributed by atoms with van der Waals surface area (Å²) in [4.78, 5) is 23.3. The monoisotopic (exact) mass is 295 g/mol. The molecule has 1 fully saturated rings. The molecule has 2 amide bonds. The summed E-state index contributed by atoms with van der Waals surface area (Å²) in [7, 11) is 0.